The molecule has 0 amide bonds. The summed E-state index contributed by atoms with van der Waals surface area (Å²) < 4.78 is 5.51. The first-order chi connectivity index (χ1) is 13.7. The molecule has 3 fully saturated rings. The van der Waals surface area contributed by atoms with Gasteiger partial charge in [0, 0.05) is 56.3 Å². The third kappa shape index (κ3) is 6.21. The quantitative estimate of drug-likeness (QED) is 0.334. The van der Waals surface area contributed by atoms with Crippen LogP contribution in [0.15, 0.2) is 29.3 Å². The number of halogens is 2. The normalized spacial score (nSPS) is 24.8. The van der Waals surface area contributed by atoms with Crippen LogP contribution in [-0.4, -0.2) is 63.3 Å². The molecule has 1 atom stereocenters. The highest BCUT2D eigenvalue weighted by molar-refractivity contribution is 14.0. The summed E-state index contributed by atoms with van der Waals surface area (Å²) in [6.45, 7) is 6.33. The number of hydrogen-bond donors (Lipinski definition) is 2. The summed E-state index contributed by atoms with van der Waals surface area (Å²) in [4.78, 5) is 7.07. The molecule has 0 aromatic heterocycles. The van der Waals surface area contributed by atoms with E-state index in [-0.39, 0.29) is 29.4 Å². The summed E-state index contributed by atoms with van der Waals surface area (Å²) in [5.74, 6) is 1.66. The lowest BCUT2D eigenvalue weighted by Gasteiger charge is -2.34. The van der Waals surface area contributed by atoms with Crippen LogP contribution in [-0.2, 0) is 10.2 Å². The van der Waals surface area contributed by atoms with Crippen molar-refractivity contribution in [3.05, 3.63) is 34.9 Å². The summed E-state index contributed by atoms with van der Waals surface area (Å²) in [6, 6.07) is 8.81. The van der Waals surface area contributed by atoms with E-state index in [1.54, 1.807) is 0 Å². The average Bonchev–Trinajstić information content (AvgIpc) is 3.34. The van der Waals surface area contributed by atoms with E-state index < -0.39 is 0 Å². The standard InChI is InChI=1S/C22H33ClN4O.HI/c1-24-21(25-16-22(8-9-22)18-3-2-4-19(23)13-18)26-20-5-10-27(11-6-20)14-17-7-12-28-15-17;/h2-4,13,17,20H,5-12,14-16H2,1H3,(H2,24,25,26);1H. The van der Waals surface area contributed by atoms with Gasteiger partial charge in [0.05, 0.1) is 6.61 Å². The maximum atomic E-state index is 6.20. The average molecular weight is 533 g/mol. The number of ether oxygens (including phenoxy) is 1. The summed E-state index contributed by atoms with van der Waals surface area (Å²) >= 11 is 6.20. The lowest BCUT2D eigenvalue weighted by Crippen LogP contribution is -2.50. The van der Waals surface area contributed by atoms with Crippen molar-refractivity contribution in [1.82, 2.24) is 15.5 Å². The fourth-order valence-corrected chi connectivity index (χ4v) is 4.72. The van der Waals surface area contributed by atoms with Gasteiger partial charge in [-0.25, -0.2) is 0 Å². The van der Waals surface area contributed by atoms with E-state index in [0.29, 0.717) is 6.04 Å². The summed E-state index contributed by atoms with van der Waals surface area (Å²) in [5.41, 5.74) is 1.56. The number of benzene rings is 1. The number of guanidine groups is 1. The van der Waals surface area contributed by atoms with Crippen molar-refractivity contribution in [1.29, 1.82) is 0 Å². The smallest absolute Gasteiger partial charge is 0.191 e. The van der Waals surface area contributed by atoms with Gasteiger partial charge in [0.25, 0.3) is 0 Å². The van der Waals surface area contributed by atoms with Crippen LogP contribution in [0.5, 0.6) is 0 Å². The van der Waals surface area contributed by atoms with Crippen LogP contribution in [0.3, 0.4) is 0 Å². The van der Waals surface area contributed by atoms with Crippen molar-refractivity contribution in [3.63, 3.8) is 0 Å². The predicted octanol–water partition coefficient (Wildman–Crippen LogP) is 3.66. The molecule has 1 aromatic rings. The monoisotopic (exact) mass is 532 g/mol. The van der Waals surface area contributed by atoms with Crippen LogP contribution in [0.1, 0.15) is 37.7 Å². The summed E-state index contributed by atoms with van der Waals surface area (Å²) in [6.07, 6.45) is 5.99. The Hall–Kier alpha value is -0.570. The highest BCUT2D eigenvalue weighted by Crippen LogP contribution is 2.48. The Morgan fingerprint density at radius 3 is 2.69 bits per heavy atom. The number of hydrogen-bond acceptors (Lipinski definition) is 3. The minimum atomic E-state index is 0. The summed E-state index contributed by atoms with van der Waals surface area (Å²) in [5, 5.41) is 8.04. The maximum Gasteiger partial charge on any atom is 0.191 e. The van der Waals surface area contributed by atoms with E-state index in [9.17, 15) is 0 Å². The Kier molecular flexibility index (Phi) is 8.48. The third-order valence-electron chi connectivity index (χ3n) is 6.58. The minimum Gasteiger partial charge on any atom is -0.381 e. The molecule has 29 heavy (non-hydrogen) atoms. The second kappa shape index (κ2) is 10.6. The Balaban J connectivity index is 0.00000240. The highest BCUT2D eigenvalue weighted by atomic mass is 127. The molecule has 0 radical (unpaired) electrons. The molecule has 1 saturated carbocycles. The van der Waals surface area contributed by atoms with Crippen LogP contribution < -0.4 is 10.6 Å². The molecule has 0 spiro atoms. The lowest BCUT2D eigenvalue weighted by atomic mass is 9.96. The molecule has 1 unspecified atom stereocenters. The van der Waals surface area contributed by atoms with Gasteiger partial charge in [-0.1, -0.05) is 23.7 Å². The molecular weight excluding hydrogens is 499 g/mol. The van der Waals surface area contributed by atoms with Crippen LogP contribution in [0.4, 0.5) is 0 Å². The van der Waals surface area contributed by atoms with Gasteiger partial charge >= 0.3 is 0 Å². The first kappa shape index (κ1) is 23.1. The van der Waals surface area contributed by atoms with E-state index >= 15 is 0 Å². The van der Waals surface area contributed by atoms with Crippen molar-refractivity contribution in [2.24, 2.45) is 10.9 Å². The largest absolute Gasteiger partial charge is 0.381 e. The molecule has 0 bridgehead atoms. The molecule has 2 heterocycles. The molecule has 162 valence electrons. The number of rotatable bonds is 6. The van der Waals surface area contributed by atoms with Crippen LogP contribution >= 0.6 is 35.6 Å². The van der Waals surface area contributed by atoms with Gasteiger partial charge in [-0.05, 0) is 55.7 Å². The van der Waals surface area contributed by atoms with E-state index in [2.05, 4.69) is 38.7 Å². The molecule has 1 aliphatic carbocycles. The molecule has 2 saturated heterocycles. The zero-order valence-electron chi connectivity index (χ0n) is 17.3. The van der Waals surface area contributed by atoms with Gasteiger partial charge in [-0.2, -0.15) is 0 Å². The third-order valence-corrected chi connectivity index (χ3v) is 6.81. The number of likely N-dealkylation sites (tertiary alicyclic amines) is 1. The van der Waals surface area contributed by atoms with Gasteiger partial charge in [0.1, 0.15) is 0 Å². The summed E-state index contributed by atoms with van der Waals surface area (Å²) in [7, 11) is 1.86. The van der Waals surface area contributed by atoms with Gasteiger partial charge < -0.3 is 20.3 Å². The SMILES string of the molecule is CN=C(NCC1(c2cccc(Cl)c2)CC1)NC1CCN(CC2CCOC2)CC1.I. The Bertz CT molecular complexity index is 683. The Morgan fingerprint density at radius 1 is 1.28 bits per heavy atom. The number of nitrogens with one attached hydrogen (secondary N) is 2. The van der Waals surface area contributed by atoms with Crippen LogP contribution in [0.25, 0.3) is 0 Å². The zero-order chi connectivity index (χ0) is 19.4. The molecule has 2 N–H and O–H groups in total. The van der Waals surface area contributed by atoms with Crippen molar-refractivity contribution in [2.45, 2.75) is 43.6 Å². The molecule has 4 rings (SSSR count). The lowest BCUT2D eigenvalue weighted by molar-refractivity contribution is 0.150. The Morgan fingerprint density at radius 2 is 2.07 bits per heavy atom. The van der Waals surface area contributed by atoms with Crippen LogP contribution in [0, 0.1) is 5.92 Å². The van der Waals surface area contributed by atoms with Crippen molar-refractivity contribution >= 4 is 41.5 Å². The maximum absolute atomic E-state index is 6.20. The number of piperidine rings is 1. The van der Waals surface area contributed by atoms with E-state index in [4.69, 9.17) is 16.3 Å². The van der Waals surface area contributed by atoms with Crippen molar-refractivity contribution < 1.29 is 4.74 Å². The van der Waals surface area contributed by atoms with E-state index in [1.165, 1.54) is 44.2 Å². The van der Waals surface area contributed by atoms with Gasteiger partial charge in [-0.3, -0.25) is 4.99 Å². The number of aliphatic imine (C=N–C) groups is 1. The van der Waals surface area contributed by atoms with Gasteiger partial charge in [0.15, 0.2) is 5.96 Å². The predicted molar refractivity (Wildman–Crippen MR) is 131 cm³/mol. The van der Waals surface area contributed by atoms with Crippen LogP contribution in [0.2, 0.25) is 5.02 Å². The zero-order valence-corrected chi connectivity index (χ0v) is 20.4. The molecule has 5 nitrogen and oxygen atoms in total. The first-order valence-electron chi connectivity index (χ1n) is 10.7. The van der Waals surface area contributed by atoms with Gasteiger partial charge in [0.2, 0.25) is 0 Å². The van der Waals surface area contributed by atoms with E-state index in [1.807, 2.05) is 13.1 Å². The molecule has 2 aliphatic heterocycles. The topological polar surface area (TPSA) is 48.9 Å². The second-order valence-corrected chi connectivity index (χ2v) is 9.10. The molecular formula is C22H34ClIN4O. The first-order valence-corrected chi connectivity index (χ1v) is 11.1. The number of nitrogens with zero attached hydrogens (tertiary/aromatic N) is 2. The van der Waals surface area contributed by atoms with Crippen molar-refractivity contribution in [2.75, 3.05) is 46.4 Å². The molecule has 7 heteroatoms. The second-order valence-electron chi connectivity index (χ2n) is 8.67. The van der Waals surface area contributed by atoms with E-state index in [0.717, 1.165) is 49.7 Å². The minimum absolute atomic E-state index is 0. The fourth-order valence-electron chi connectivity index (χ4n) is 4.53. The van der Waals surface area contributed by atoms with Gasteiger partial charge in [-0.15, -0.1) is 24.0 Å². The molecule has 3 aliphatic rings. The fraction of sp³-hybridized carbons (Fsp3) is 0.682. The highest BCUT2D eigenvalue weighted by Gasteiger charge is 2.44. The molecule has 1 aromatic carbocycles. The van der Waals surface area contributed by atoms with Crippen molar-refractivity contribution in [3.8, 4) is 0 Å². The Labute approximate surface area is 197 Å².